The lowest BCUT2D eigenvalue weighted by Crippen LogP contribution is -2.32. The van der Waals surface area contributed by atoms with Crippen LogP contribution < -0.4 is 0 Å². The molecule has 1 aromatic carbocycles. The van der Waals surface area contributed by atoms with Crippen LogP contribution in [0.5, 0.6) is 0 Å². The fourth-order valence-corrected chi connectivity index (χ4v) is 1.80. The minimum absolute atomic E-state index is 0.307. The van der Waals surface area contributed by atoms with E-state index >= 15 is 0 Å². The molecule has 1 aromatic rings. The standard InChI is InChI=1S/C14H21NO/c1-4-14(16)11-15(5-2)12(3)13-9-7-6-8-10-13/h6-10,12H,4-5,11H2,1-3H3/t12-/m1/s1. The van der Waals surface area contributed by atoms with Crippen LogP contribution in [0, 0.1) is 0 Å². The number of ketones is 1. The van der Waals surface area contributed by atoms with Gasteiger partial charge >= 0.3 is 0 Å². The van der Waals surface area contributed by atoms with Gasteiger partial charge in [0.15, 0.2) is 0 Å². The lowest BCUT2D eigenvalue weighted by atomic mass is 10.1. The maximum atomic E-state index is 11.5. The number of hydrogen-bond donors (Lipinski definition) is 0. The molecule has 0 aliphatic rings. The lowest BCUT2D eigenvalue weighted by molar-refractivity contribution is -0.120. The monoisotopic (exact) mass is 219 g/mol. The molecule has 0 saturated heterocycles. The van der Waals surface area contributed by atoms with Crippen molar-refractivity contribution in [3.63, 3.8) is 0 Å². The number of benzene rings is 1. The van der Waals surface area contributed by atoms with E-state index in [0.717, 1.165) is 6.54 Å². The Bertz CT molecular complexity index is 321. The Morgan fingerprint density at radius 3 is 2.38 bits per heavy atom. The van der Waals surface area contributed by atoms with Gasteiger partial charge in [0, 0.05) is 12.5 Å². The molecule has 2 heteroatoms. The summed E-state index contributed by atoms with van der Waals surface area (Å²) < 4.78 is 0. The van der Waals surface area contributed by atoms with E-state index < -0.39 is 0 Å². The molecule has 0 spiro atoms. The second-order valence-electron chi connectivity index (χ2n) is 4.04. The third-order valence-corrected chi connectivity index (χ3v) is 3.01. The van der Waals surface area contributed by atoms with E-state index in [1.807, 2.05) is 25.1 Å². The minimum Gasteiger partial charge on any atom is -0.298 e. The summed E-state index contributed by atoms with van der Waals surface area (Å²) in [4.78, 5) is 13.7. The zero-order valence-corrected chi connectivity index (χ0v) is 10.4. The van der Waals surface area contributed by atoms with E-state index in [1.165, 1.54) is 5.56 Å². The molecule has 0 aliphatic carbocycles. The maximum absolute atomic E-state index is 11.5. The van der Waals surface area contributed by atoms with Crippen LogP contribution in [0.25, 0.3) is 0 Å². The van der Waals surface area contributed by atoms with E-state index in [1.54, 1.807) is 0 Å². The van der Waals surface area contributed by atoms with Crippen molar-refractivity contribution in [2.24, 2.45) is 0 Å². The Morgan fingerprint density at radius 2 is 1.88 bits per heavy atom. The molecule has 2 nitrogen and oxygen atoms in total. The third kappa shape index (κ3) is 3.46. The van der Waals surface area contributed by atoms with Gasteiger partial charge in [-0.1, -0.05) is 44.2 Å². The summed E-state index contributed by atoms with van der Waals surface area (Å²) in [7, 11) is 0. The van der Waals surface area contributed by atoms with Crippen LogP contribution in [0.1, 0.15) is 38.8 Å². The molecule has 0 amide bonds. The van der Waals surface area contributed by atoms with Crippen LogP contribution in [0.4, 0.5) is 0 Å². The third-order valence-electron chi connectivity index (χ3n) is 3.01. The first-order valence-electron chi connectivity index (χ1n) is 5.99. The average Bonchev–Trinajstić information content (AvgIpc) is 2.35. The topological polar surface area (TPSA) is 20.3 Å². The Labute approximate surface area is 98.3 Å². The van der Waals surface area contributed by atoms with Crippen molar-refractivity contribution in [1.29, 1.82) is 0 Å². The van der Waals surface area contributed by atoms with Crippen LogP contribution >= 0.6 is 0 Å². The number of rotatable bonds is 6. The van der Waals surface area contributed by atoms with Crippen molar-refractivity contribution in [3.05, 3.63) is 35.9 Å². The van der Waals surface area contributed by atoms with Gasteiger partial charge in [0.05, 0.1) is 6.54 Å². The van der Waals surface area contributed by atoms with Gasteiger partial charge in [-0.05, 0) is 19.0 Å². The van der Waals surface area contributed by atoms with Crippen LogP contribution in [0.3, 0.4) is 0 Å². The van der Waals surface area contributed by atoms with Gasteiger partial charge in [0.2, 0.25) is 0 Å². The number of nitrogens with zero attached hydrogens (tertiary/aromatic N) is 1. The van der Waals surface area contributed by atoms with E-state index in [4.69, 9.17) is 0 Å². The first-order valence-corrected chi connectivity index (χ1v) is 5.99. The molecular formula is C14H21NO. The van der Waals surface area contributed by atoms with E-state index in [0.29, 0.717) is 24.8 Å². The highest BCUT2D eigenvalue weighted by Crippen LogP contribution is 2.19. The minimum atomic E-state index is 0.307. The SMILES string of the molecule is CCC(=O)CN(CC)[C@H](C)c1ccccc1. The molecule has 0 bridgehead atoms. The summed E-state index contributed by atoms with van der Waals surface area (Å²) in [5.74, 6) is 0.310. The molecule has 0 aliphatic heterocycles. The number of hydrogen-bond acceptors (Lipinski definition) is 2. The van der Waals surface area contributed by atoms with Gasteiger partial charge in [0.25, 0.3) is 0 Å². The van der Waals surface area contributed by atoms with Crippen molar-refractivity contribution in [2.45, 2.75) is 33.2 Å². The maximum Gasteiger partial charge on any atom is 0.146 e. The zero-order valence-electron chi connectivity index (χ0n) is 10.4. The molecular weight excluding hydrogens is 198 g/mol. The van der Waals surface area contributed by atoms with Crippen molar-refractivity contribution in [2.75, 3.05) is 13.1 Å². The Hall–Kier alpha value is -1.15. The first kappa shape index (κ1) is 12.9. The predicted molar refractivity (Wildman–Crippen MR) is 67.4 cm³/mol. The smallest absolute Gasteiger partial charge is 0.146 e. The second kappa shape index (κ2) is 6.44. The number of carbonyl (C=O) groups excluding carboxylic acids is 1. The van der Waals surface area contributed by atoms with Gasteiger partial charge in [0.1, 0.15) is 5.78 Å². The van der Waals surface area contributed by atoms with Crippen molar-refractivity contribution in [3.8, 4) is 0 Å². The number of likely N-dealkylation sites (N-methyl/N-ethyl adjacent to an activating group) is 1. The molecule has 0 radical (unpaired) electrons. The van der Waals surface area contributed by atoms with Crippen LogP contribution in [0.15, 0.2) is 30.3 Å². The molecule has 0 unspecified atom stereocenters. The number of carbonyl (C=O) groups is 1. The van der Waals surface area contributed by atoms with Gasteiger partial charge < -0.3 is 0 Å². The molecule has 0 fully saturated rings. The second-order valence-corrected chi connectivity index (χ2v) is 4.04. The summed E-state index contributed by atoms with van der Waals surface area (Å²) in [5.41, 5.74) is 1.27. The van der Waals surface area contributed by atoms with E-state index in [9.17, 15) is 4.79 Å². The molecule has 1 rings (SSSR count). The van der Waals surface area contributed by atoms with E-state index in [-0.39, 0.29) is 0 Å². The van der Waals surface area contributed by atoms with Gasteiger partial charge in [-0.15, -0.1) is 0 Å². The molecule has 0 heterocycles. The lowest BCUT2D eigenvalue weighted by Gasteiger charge is -2.27. The van der Waals surface area contributed by atoms with Gasteiger partial charge in [-0.2, -0.15) is 0 Å². The van der Waals surface area contributed by atoms with Crippen molar-refractivity contribution in [1.82, 2.24) is 4.90 Å². The van der Waals surface area contributed by atoms with Gasteiger partial charge in [-0.25, -0.2) is 0 Å². The zero-order chi connectivity index (χ0) is 12.0. The highest BCUT2D eigenvalue weighted by molar-refractivity contribution is 5.80. The Kier molecular flexibility index (Phi) is 5.20. The van der Waals surface area contributed by atoms with Gasteiger partial charge in [-0.3, -0.25) is 9.69 Å². The molecule has 0 saturated carbocycles. The van der Waals surface area contributed by atoms with Crippen LogP contribution in [-0.4, -0.2) is 23.8 Å². The van der Waals surface area contributed by atoms with Crippen molar-refractivity contribution >= 4 is 5.78 Å². The summed E-state index contributed by atoms with van der Waals surface area (Å²) in [6.45, 7) is 7.64. The quantitative estimate of drug-likeness (QED) is 0.733. The summed E-state index contributed by atoms with van der Waals surface area (Å²) in [6.07, 6.45) is 0.623. The fourth-order valence-electron chi connectivity index (χ4n) is 1.80. The first-order chi connectivity index (χ1) is 7.69. The molecule has 1 atom stereocenters. The van der Waals surface area contributed by atoms with Crippen molar-refractivity contribution < 1.29 is 4.79 Å². The predicted octanol–water partition coefficient (Wildman–Crippen LogP) is 3.05. The molecule has 0 N–H and O–H groups in total. The Balaban J connectivity index is 2.70. The summed E-state index contributed by atoms with van der Waals surface area (Å²) >= 11 is 0. The largest absolute Gasteiger partial charge is 0.298 e. The van der Waals surface area contributed by atoms with E-state index in [2.05, 4.69) is 30.9 Å². The Morgan fingerprint density at radius 1 is 1.25 bits per heavy atom. The summed E-state index contributed by atoms with van der Waals surface area (Å²) in [6, 6.07) is 10.6. The van der Waals surface area contributed by atoms with Crippen LogP contribution in [-0.2, 0) is 4.79 Å². The fraction of sp³-hybridized carbons (Fsp3) is 0.500. The molecule has 16 heavy (non-hydrogen) atoms. The highest BCUT2D eigenvalue weighted by atomic mass is 16.1. The normalized spacial score (nSPS) is 12.8. The molecule has 88 valence electrons. The van der Waals surface area contributed by atoms with Crippen LogP contribution in [0.2, 0.25) is 0 Å². The summed E-state index contributed by atoms with van der Waals surface area (Å²) in [5, 5.41) is 0. The highest BCUT2D eigenvalue weighted by Gasteiger charge is 2.15. The number of Topliss-reactive ketones (excluding diaryl/α,β-unsaturated/α-hetero) is 1. The molecule has 0 aromatic heterocycles. The average molecular weight is 219 g/mol.